The lowest BCUT2D eigenvalue weighted by atomic mass is 9.77. The van der Waals surface area contributed by atoms with Gasteiger partial charge in [-0.2, -0.15) is 4.98 Å². The van der Waals surface area contributed by atoms with Crippen molar-refractivity contribution < 1.29 is 9.32 Å². The number of nitrogens with zero attached hydrogens (tertiary/aromatic N) is 2. The molecule has 5 nitrogen and oxygen atoms in total. The van der Waals surface area contributed by atoms with E-state index >= 15 is 0 Å². The molecule has 1 aliphatic rings. The van der Waals surface area contributed by atoms with E-state index in [9.17, 15) is 4.79 Å². The first-order valence-corrected chi connectivity index (χ1v) is 5.51. The average molecular weight is 260 g/mol. The molecule has 6 heteroatoms. The summed E-state index contributed by atoms with van der Waals surface area (Å²) in [6.45, 7) is 5.46. The van der Waals surface area contributed by atoms with Gasteiger partial charge in [-0.1, -0.05) is 25.9 Å². The van der Waals surface area contributed by atoms with Gasteiger partial charge in [0.25, 0.3) is 5.89 Å². The fourth-order valence-corrected chi connectivity index (χ4v) is 1.62. The number of nitrogens with two attached hydrogens (primary N) is 1. The van der Waals surface area contributed by atoms with Crippen LogP contribution in [0.4, 0.5) is 0 Å². The molecule has 0 saturated heterocycles. The lowest BCUT2D eigenvalue weighted by Crippen LogP contribution is -2.44. The molecular formula is C11H18ClN3O2. The number of aromatic nitrogens is 2. The molecule has 0 spiro atoms. The molecule has 1 fully saturated rings. The maximum absolute atomic E-state index is 11.9. The molecule has 2 N–H and O–H groups in total. The van der Waals surface area contributed by atoms with Gasteiger partial charge in [-0.05, 0) is 19.3 Å². The number of rotatable bonds is 2. The second kappa shape index (κ2) is 4.38. The number of Topliss-reactive ketones (excluding diaryl/α,β-unsaturated/α-hetero) is 1. The minimum absolute atomic E-state index is 0. The van der Waals surface area contributed by atoms with Crippen LogP contribution in [-0.4, -0.2) is 15.9 Å². The van der Waals surface area contributed by atoms with Crippen molar-refractivity contribution in [3.63, 3.8) is 0 Å². The van der Waals surface area contributed by atoms with Gasteiger partial charge in [-0.15, -0.1) is 12.4 Å². The van der Waals surface area contributed by atoms with Gasteiger partial charge >= 0.3 is 0 Å². The molecule has 1 saturated carbocycles. The topological polar surface area (TPSA) is 82.0 Å². The molecule has 0 bridgehead atoms. The minimum Gasteiger partial charge on any atom is -0.331 e. The van der Waals surface area contributed by atoms with E-state index in [1.54, 1.807) is 0 Å². The summed E-state index contributed by atoms with van der Waals surface area (Å²) < 4.78 is 4.98. The quantitative estimate of drug-likeness (QED) is 0.822. The summed E-state index contributed by atoms with van der Waals surface area (Å²) in [7, 11) is 0. The van der Waals surface area contributed by atoms with Crippen molar-refractivity contribution in [3.05, 3.63) is 11.7 Å². The van der Waals surface area contributed by atoms with Crippen LogP contribution in [-0.2, 0) is 5.54 Å². The molecule has 1 aliphatic carbocycles. The number of carbonyl (C=O) groups is 1. The number of halogens is 1. The van der Waals surface area contributed by atoms with E-state index in [1.165, 1.54) is 0 Å². The van der Waals surface area contributed by atoms with Gasteiger partial charge in [-0.25, -0.2) is 0 Å². The molecule has 17 heavy (non-hydrogen) atoms. The predicted octanol–water partition coefficient (Wildman–Crippen LogP) is 2.06. The third kappa shape index (κ3) is 2.50. The first kappa shape index (κ1) is 14.1. The standard InChI is InChI=1S/C11H17N3O2.ClH/c1-10(2,3)7(15)8-13-9(14-16-8)11(12)5-4-6-11;/h4-6,12H2,1-3H3;1H. The number of carbonyl (C=O) groups excluding carboxylic acids is 1. The highest BCUT2D eigenvalue weighted by molar-refractivity contribution is 5.95. The first-order chi connectivity index (χ1) is 7.33. The van der Waals surface area contributed by atoms with Gasteiger partial charge in [-0.3, -0.25) is 4.79 Å². The number of hydrogen-bond acceptors (Lipinski definition) is 5. The normalized spacial score (nSPS) is 18.1. The van der Waals surface area contributed by atoms with Crippen LogP contribution < -0.4 is 5.73 Å². The van der Waals surface area contributed by atoms with Gasteiger partial charge < -0.3 is 10.3 Å². The number of hydrogen-bond donors (Lipinski definition) is 1. The fraction of sp³-hybridized carbons (Fsp3) is 0.727. The molecular weight excluding hydrogens is 242 g/mol. The molecule has 0 atom stereocenters. The third-order valence-corrected chi connectivity index (χ3v) is 2.99. The van der Waals surface area contributed by atoms with E-state index in [0.29, 0.717) is 5.82 Å². The van der Waals surface area contributed by atoms with Crippen LogP contribution in [0.2, 0.25) is 0 Å². The zero-order chi connectivity index (χ0) is 12.0. The Morgan fingerprint density at radius 2 is 2.00 bits per heavy atom. The summed E-state index contributed by atoms with van der Waals surface area (Å²) in [5.74, 6) is 0.389. The highest BCUT2D eigenvalue weighted by Gasteiger charge is 2.40. The van der Waals surface area contributed by atoms with E-state index in [2.05, 4.69) is 10.1 Å². The molecule has 0 aliphatic heterocycles. The van der Waals surface area contributed by atoms with Crippen LogP contribution in [0.15, 0.2) is 4.52 Å². The van der Waals surface area contributed by atoms with E-state index in [-0.39, 0.29) is 24.1 Å². The van der Waals surface area contributed by atoms with E-state index in [0.717, 1.165) is 19.3 Å². The molecule has 0 amide bonds. The summed E-state index contributed by atoms with van der Waals surface area (Å²) in [6, 6.07) is 0. The van der Waals surface area contributed by atoms with Crippen molar-refractivity contribution in [2.45, 2.75) is 45.6 Å². The predicted molar refractivity (Wildman–Crippen MR) is 65.0 cm³/mol. The fourth-order valence-electron chi connectivity index (χ4n) is 1.62. The van der Waals surface area contributed by atoms with Crippen LogP contribution in [0, 0.1) is 5.41 Å². The molecule has 1 heterocycles. The first-order valence-electron chi connectivity index (χ1n) is 5.51. The largest absolute Gasteiger partial charge is 0.331 e. The number of ketones is 1. The molecule has 1 aromatic heterocycles. The monoisotopic (exact) mass is 259 g/mol. The van der Waals surface area contributed by atoms with Crippen LogP contribution in [0.1, 0.15) is 56.5 Å². The molecule has 1 aromatic rings. The lowest BCUT2D eigenvalue weighted by molar-refractivity contribution is 0.0811. The van der Waals surface area contributed by atoms with Crippen molar-refractivity contribution in [3.8, 4) is 0 Å². The van der Waals surface area contributed by atoms with E-state index < -0.39 is 11.0 Å². The highest BCUT2D eigenvalue weighted by Crippen LogP contribution is 2.37. The Morgan fingerprint density at radius 1 is 1.41 bits per heavy atom. The maximum atomic E-state index is 11.9. The summed E-state index contributed by atoms with van der Waals surface area (Å²) >= 11 is 0. The zero-order valence-corrected chi connectivity index (χ0v) is 11.1. The van der Waals surface area contributed by atoms with Crippen molar-refractivity contribution in [2.24, 2.45) is 11.1 Å². The van der Waals surface area contributed by atoms with Gasteiger partial charge in [0.2, 0.25) is 5.78 Å². The van der Waals surface area contributed by atoms with Crippen LogP contribution in [0.25, 0.3) is 0 Å². The van der Waals surface area contributed by atoms with Crippen LogP contribution in [0.5, 0.6) is 0 Å². The molecule has 96 valence electrons. The Balaban J connectivity index is 0.00000144. The van der Waals surface area contributed by atoms with Crippen LogP contribution in [0.3, 0.4) is 0 Å². The summed E-state index contributed by atoms with van der Waals surface area (Å²) in [4.78, 5) is 16.0. The molecule has 0 aromatic carbocycles. The smallest absolute Gasteiger partial charge is 0.294 e. The summed E-state index contributed by atoms with van der Waals surface area (Å²) in [5, 5.41) is 3.81. The van der Waals surface area contributed by atoms with Gasteiger partial charge in [0, 0.05) is 5.41 Å². The maximum Gasteiger partial charge on any atom is 0.294 e. The van der Waals surface area contributed by atoms with E-state index in [1.807, 2.05) is 20.8 Å². The lowest BCUT2D eigenvalue weighted by Gasteiger charge is -2.34. The second-order valence-corrected chi connectivity index (χ2v) is 5.51. The SMILES string of the molecule is CC(C)(C)C(=O)c1nc(C2(N)CCC2)no1.Cl. The molecule has 0 unspecified atom stereocenters. The van der Waals surface area contributed by atoms with E-state index in [4.69, 9.17) is 10.3 Å². The Morgan fingerprint density at radius 3 is 2.41 bits per heavy atom. The van der Waals surface area contributed by atoms with Crippen molar-refractivity contribution in [1.82, 2.24) is 10.1 Å². The Hall–Kier alpha value is -0.940. The van der Waals surface area contributed by atoms with Gasteiger partial charge in [0.05, 0.1) is 5.54 Å². The third-order valence-electron chi connectivity index (χ3n) is 2.99. The highest BCUT2D eigenvalue weighted by atomic mass is 35.5. The Kier molecular flexibility index (Phi) is 3.64. The van der Waals surface area contributed by atoms with Gasteiger partial charge in [0.15, 0.2) is 5.82 Å². The second-order valence-electron chi connectivity index (χ2n) is 5.51. The molecule has 2 rings (SSSR count). The van der Waals surface area contributed by atoms with Crippen molar-refractivity contribution in [2.75, 3.05) is 0 Å². The molecule has 0 radical (unpaired) electrons. The van der Waals surface area contributed by atoms with Crippen molar-refractivity contribution in [1.29, 1.82) is 0 Å². The minimum atomic E-state index is -0.509. The zero-order valence-electron chi connectivity index (χ0n) is 10.3. The summed E-state index contributed by atoms with van der Waals surface area (Å²) in [6.07, 6.45) is 2.79. The summed E-state index contributed by atoms with van der Waals surface area (Å²) in [5.41, 5.74) is 5.07. The Bertz CT molecular complexity index is 419. The van der Waals surface area contributed by atoms with Crippen molar-refractivity contribution >= 4 is 18.2 Å². The Labute approximate surface area is 107 Å². The average Bonchev–Trinajstić information content (AvgIpc) is 2.60. The van der Waals surface area contributed by atoms with Crippen LogP contribution >= 0.6 is 12.4 Å². The van der Waals surface area contributed by atoms with Gasteiger partial charge in [0.1, 0.15) is 0 Å².